The standard InChI is InChI=1S/C18H20N2O4/c1-2-9-23-10-8-20-13-6-7-14-15(16(13)21)11-4-3-5-12(18(19)22)17(11)24-14/h3-7,14-15H,2,8-10H2,1H3,(H2,19,22). The highest BCUT2D eigenvalue weighted by Gasteiger charge is 2.43. The Kier molecular flexibility index (Phi) is 4.76. The van der Waals surface area contributed by atoms with Crippen LogP contribution in [0.1, 0.15) is 35.2 Å². The predicted molar refractivity (Wildman–Crippen MR) is 89.7 cm³/mol. The quantitative estimate of drug-likeness (QED) is 0.804. The van der Waals surface area contributed by atoms with Crippen molar-refractivity contribution in [2.45, 2.75) is 25.4 Å². The number of benzene rings is 1. The first-order valence-corrected chi connectivity index (χ1v) is 8.07. The molecule has 126 valence electrons. The van der Waals surface area contributed by atoms with Gasteiger partial charge in [0.05, 0.1) is 24.6 Å². The summed E-state index contributed by atoms with van der Waals surface area (Å²) >= 11 is 0. The molecule has 0 fully saturated rings. The van der Waals surface area contributed by atoms with Crippen LogP contribution in [0.4, 0.5) is 0 Å². The molecule has 1 aliphatic heterocycles. The van der Waals surface area contributed by atoms with E-state index >= 15 is 0 Å². The molecule has 6 nitrogen and oxygen atoms in total. The molecule has 0 aromatic heterocycles. The molecule has 1 aromatic carbocycles. The number of para-hydroxylation sites is 1. The number of ketones is 1. The molecule has 0 radical (unpaired) electrons. The van der Waals surface area contributed by atoms with Crippen LogP contribution in [0.3, 0.4) is 0 Å². The molecule has 1 heterocycles. The maximum absolute atomic E-state index is 12.8. The summed E-state index contributed by atoms with van der Waals surface area (Å²) in [5.41, 5.74) is 6.79. The van der Waals surface area contributed by atoms with E-state index in [1.165, 1.54) is 0 Å². The average Bonchev–Trinajstić information content (AvgIpc) is 2.95. The van der Waals surface area contributed by atoms with Gasteiger partial charge in [0.1, 0.15) is 17.6 Å². The first kappa shape index (κ1) is 16.4. The largest absolute Gasteiger partial charge is 0.484 e. The van der Waals surface area contributed by atoms with Crippen molar-refractivity contribution >= 4 is 17.4 Å². The maximum Gasteiger partial charge on any atom is 0.252 e. The van der Waals surface area contributed by atoms with Gasteiger partial charge in [-0.2, -0.15) is 0 Å². The minimum atomic E-state index is -0.566. The Bertz CT molecular complexity index is 724. The molecule has 1 aromatic rings. The molecule has 6 heteroatoms. The van der Waals surface area contributed by atoms with Crippen molar-refractivity contribution in [3.63, 3.8) is 0 Å². The fourth-order valence-electron chi connectivity index (χ4n) is 2.98. The van der Waals surface area contributed by atoms with Gasteiger partial charge in [-0.3, -0.25) is 14.6 Å². The van der Waals surface area contributed by atoms with Gasteiger partial charge in [0.25, 0.3) is 5.91 Å². The summed E-state index contributed by atoms with van der Waals surface area (Å²) in [7, 11) is 0. The van der Waals surface area contributed by atoms with E-state index in [-0.39, 0.29) is 5.78 Å². The first-order valence-electron chi connectivity index (χ1n) is 8.07. The Morgan fingerprint density at radius 2 is 2.21 bits per heavy atom. The van der Waals surface area contributed by atoms with Crippen LogP contribution in [-0.4, -0.2) is 43.3 Å². The summed E-state index contributed by atoms with van der Waals surface area (Å²) in [4.78, 5) is 28.6. The van der Waals surface area contributed by atoms with Gasteiger partial charge in [-0.25, -0.2) is 0 Å². The van der Waals surface area contributed by atoms with Crippen LogP contribution in [0.2, 0.25) is 0 Å². The van der Waals surface area contributed by atoms with Gasteiger partial charge in [-0.1, -0.05) is 19.1 Å². The van der Waals surface area contributed by atoms with Crippen molar-refractivity contribution in [3.8, 4) is 5.75 Å². The van der Waals surface area contributed by atoms with Crippen LogP contribution in [0.15, 0.2) is 35.3 Å². The fraction of sp³-hybridized carbons (Fsp3) is 0.389. The van der Waals surface area contributed by atoms with Crippen LogP contribution in [0.5, 0.6) is 5.75 Å². The number of allylic oxidation sites excluding steroid dienone is 1. The highest BCUT2D eigenvalue weighted by molar-refractivity contribution is 6.47. The molecule has 1 aliphatic carbocycles. The van der Waals surface area contributed by atoms with E-state index in [4.69, 9.17) is 15.2 Å². The molecule has 0 saturated heterocycles. The third-order valence-electron chi connectivity index (χ3n) is 4.07. The lowest BCUT2D eigenvalue weighted by Crippen LogP contribution is -2.33. The second kappa shape index (κ2) is 6.97. The van der Waals surface area contributed by atoms with Crippen LogP contribution >= 0.6 is 0 Å². The average molecular weight is 328 g/mol. The molecule has 24 heavy (non-hydrogen) atoms. The predicted octanol–water partition coefficient (Wildman–Crippen LogP) is 1.64. The molecule has 0 spiro atoms. The van der Waals surface area contributed by atoms with Crippen LogP contribution < -0.4 is 10.5 Å². The van der Waals surface area contributed by atoms with E-state index in [1.807, 2.05) is 13.0 Å². The fourth-order valence-corrected chi connectivity index (χ4v) is 2.98. The van der Waals surface area contributed by atoms with Gasteiger partial charge in [-0.15, -0.1) is 0 Å². The van der Waals surface area contributed by atoms with E-state index < -0.39 is 17.9 Å². The summed E-state index contributed by atoms with van der Waals surface area (Å²) in [5.74, 6) is -0.729. The SMILES string of the molecule is CCCOCCN=C1C=CC2Oc3c(C(N)=O)cccc3C2C1=O. The summed E-state index contributed by atoms with van der Waals surface area (Å²) < 4.78 is 11.2. The van der Waals surface area contributed by atoms with Crippen molar-refractivity contribution in [1.29, 1.82) is 0 Å². The van der Waals surface area contributed by atoms with Gasteiger partial charge >= 0.3 is 0 Å². The third kappa shape index (κ3) is 2.97. The molecule has 3 rings (SSSR count). The summed E-state index contributed by atoms with van der Waals surface area (Å²) in [6.45, 7) is 3.66. The second-order valence-electron chi connectivity index (χ2n) is 5.75. The highest BCUT2D eigenvalue weighted by atomic mass is 16.5. The van der Waals surface area contributed by atoms with Gasteiger partial charge in [0.2, 0.25) is 0 Å². The topological polar surface area (TPSA) is 91.0 Å². The number of primary amides is 1. The lowest BCUT2D eigenvalue weighted by atomic mass is 9.84. The van der Waals surface area contributed by atoms with E-state index in [9.17, 15) is 9.59 Å². The molecular weight excluding hydrogens is 308 g/mol. The number of aliphatic imine (C=N–C) groups is 1. The number of carbonyl (C=O) groups is 2. The molecule has 2 unspecified atom stereocenters. The van der Waals surface area contributed by atoms with Crippen molar-refractivity contribution in [3.05, 3.63) is 41.5 Å². The van der Waals surface area contributed by atoms with Crippen molar-refractivity contribution in [1.82, 2.24) is 0 Å². The number of hydrogen-bond acceptors (Lipinski definition) is 5. The zero-order chi connectivity index (χ0) is 17.1. The summed E-state index contributed by atoms with van der Waals surface area (Å²) in [6, 6.07) is 5.11. The molecule has 0 bridgehead atoms. The van der Waals surface area contributed by atoms with Crippen molar-refractivity contribution < 1.29 is 19.1 Å². The number of fused-ring (bicyclic) bond motifs is 3. The van der Waals surface area contributed by atoms with E-state index in [0.717, 1.165) is 6.42 Å². The number of nitrogens with two attached hydrogens (primary N) is 1. The maximum atomic E-state index is 12.8. The molecule has 1 amide bonds. The molecule has 2 atom stereocenters. The minimum absolute atomic E-state index is 0.0987. The van der Waals surface area contributed by atoms with Crippen molar-refractivity contribution in [2.24, 2.45) is 10.7 Å². The van der Waals surface area contributed by atoms with Crippen molar-refractivity contribution in [2.75, 3.05) is 19.8 Å². The monoisotopic (exact) mass is 328 g/mol. The second-order valence-corrected chi connectivity index (χ2v) is 5.75. The molecule has 2 aliphatic rings. The Balaban J connectivity index is 1.81. The first-order chi connectivity index (χ1) is 11.6. The van der Waals surface area contributed by atoms with Crippen LogP contribution in [0, 0.1) is 0 Å². The van der Waals surface area contributed by atoms with Gasteiger partial charge in [0, 0.05) is 12.2 Å². The zero-order valence-corrected chi connectivity index (χ0v) is 13.5. The Labute approximate surface area is 140 Å². The zero-order valence-electron chi connectivity index (χ0n) is 13.5. The molecule has 2 N–H and O–H groups in total. The Hall–Kier alpha value is -2.47. The molecule has 0 saturated carbocycles. The lowest BCUT2D eigenvalue weighted by molar-refractivity contribution is -0.115. The number of amides is 1. The van der Waals surface area contributed by atoms with E-state index in [1.54, 1.807) is 24.3 Å². The lowest BCUT2D eigenvalue weighted by Gasteiger charge is -2.19. The Morgan fingerprint density at radius 3 is 2.96 bits per heavy atom. The number of carbonyl (C=O) groups excluding carboxylic acids is 2. The summed E-state index contributed by atoms with van der Waals surface area (Å²) in [5, 5.41) is 0. The number of nitrogens with zero attached hydrogens (tertiary/aromatic N) is 1. The van der Waals surface area contributed by atoms with E-state index in [0.29, 0.717) is 42.3 Å². The van der Waals surface area contributed by atoms with Gasteiger partial charge in [0.15, 0.2) is 5.78 Å². The van der Waals surface area contributed by atoms with Gasteiger partial charge < -0.3 is 15.2 Å². The van der Waals surface area contributed by atoms with Crippen LogP contribution in [-0.2, 0) is 9.53 Å². The smallest absolute Gasteiger partial charge is 0.252 e. The molecular formula is C18H20N2O4. The number of hydrogen-bond donors (Lipinski definition) is 1. The van der Waals surface area contributed by atoms with Gasteiger partial charge in [-0.05, 0) is 24.6 Å². The highest BCUT2D eigenvalue weighted by Crippen LogP contribution is 2.43. The number of Topliss-reactive ketones (excluding diaryl/α,β-unsaturated/α-hetero) is 1. The van der Waals surface area contributed by atoms with Crippen LogP contribution in [0.25, 0.3) is 0 Å². The van der Waals surface area contributed by atoms with E-state index in [2.05, 4.69) is 4.99 Å². The minimum Gasteiger partial charge on any atom is -0.484 e. The summed E-state index contributed by atoms with van der Waals surface area (Å²) in [6.07, 6.45) is 4.03. The third-order valence-corrected chi connectivity index (χ3v) is 4.07. The normalized spacial score (nSPS) is 23.0. The number of ether oxygens (including phenoxy) is 2. The Morgan fingerprint density at radius 1 is 1.38 bits per heavy atom. The number of rotatable bonds is 6.